The van der Waals surface area contributed by atoms with Crippen molar-refractivity contribution in [2.75, 3.05) is 125 Å². The second kappa shape index (κ2) is 30.2. The first-order chi connectivity index (χ1) is 49.0. The number of aryl methyl sites for hydroxylation is 3. The molecule has 0 unspecified atom stereocenters. The van der Waals surface area contributed by atoms with Crippen LogP contribution in [-0.4, -0.2) is 188 Å². The lowest BCUT2D eigenvalue weighted by atomic mass is 10.1. The van der Waals surface area contributed by atoms with Gasteiger partial charge in [0.05, 0.1) is 65.2 Å². The minimum Gasteiger partial charge on any atom is -0.462 e. The highest BCUT2D eigenvalue weighted by molar-refractivity contribution is 6.99. The quantitative estimate of drug-likeness (QED) is 0.0817. The van der Waals surface area contributed by atoms with Gasteiger partial charge in [-0.3, -0.25) is 33.8 Å². The largest absolute Gasteiger partial charge is 0.462 e. The number of hydrogen-bond acceptors (Lipinski definition) is 20. The van der Waals surface area contributed by atoms with E-state index < -0.39 is 29.0 Å². The third-order valence-corrected chi connectivity index (χ3v) is 19.0. The summed E-state index contributed by atoms with van der Waals surface area (Å²) in [5, 5.41) is 8.07. The van der Waals surface area contributed by atoms with E-state index in [1.165, 1.54) is 13.7 Å². The van der Waals surface area contributed by atoms with E-state index in [1.54, 1.807) is 69.9 Å². The molecule has 3 fully saturated rings. The van der Waals surface area contributed by atoms with E-state index in [-0.39, 0.29) is 59.8 Å². The highest BCUT2D eigenvalue weighted by Crippen LogP contribution is 2.35. The molecule has 5 aromatic carbocycles. The third-order valence-electron chi connectivity index (χ3n) is 18.5. The van der Waals surface area contributed by atoms with Gasteiger partial charge in [0.15, 0.2) is 11.5 Å². The number of aromatic nitrogens is 7. The number of carbonyl (C=O) groups excluding carboxylic acids is 6. The van der Waals surface area contributed by atoms with Crippen molar-refractivity contribution < 1.29 is 43.0 Å². The van der Waals surface area contributed by atoms with Gasteiger partial charge in [-0.2, -0.15) is 8.75 Å². The minimum atomic E-state index is -0.639. The normalized spacial score (nSPS) is 14.0. The number of piperazine rings is 3. The Morgan fingerprint density at radius 3 is 1.22 bits per heavy atom. The lowest BCUT2D eigenvalue weighted by Gasteiger charge is -2.37. The van der Waals surface area contributed by atoms with Gasteiger partial charge in [0, 0.05) is 145 Å². The molecule has 27 heteroatoms. The second-order valence-electron chi connectivity index (χ2n) is 24.2. The van der Waals surface area contributed by atoms with Crippen LogP contribution in [-0.2, 0) is 35.4 Å². The number of pyridine rings is 4. The van der Waals surface area contributed by atoms with Gasteiger partial charge in [-0.05, 0) is 62.6 Å². The number of rotatable bonds is 13. The maximum Gasteiger partial charge on any atom is 0.345 e. The first-order valence-electron chi connectivity index (χ1n) is 33.4. The molecule has 26 nitrogen and oxygen atoms in total. The molecule has 6 aromatic heterocycles. The Morgan fingerprint density at radius 1 is 0.446 bits per heavy atom. The third kappa shape index (κ3) is 13.5. The number of fused-ring (bicyclic) bond motifs is 5. The standard InChI is InChI=1S/C27H26N4O4.C26H26N4O4.C21H24N6O4S/c1-3-35-27(34)22-24(20-10-6-7-11-21(20)29(2)25(22)32)30-14-16-31(17-15-30)26(33)23-19-9-5-4-8-18(19)12-13-28-23;1-3-34-26(33)22-23(18-9-5-7-11-21(18)28(2)25(22)32)29-12-14-30(15-13-29)24(31)20-16-17-8-4-6-10-19(17)27-20;1-4-31-21(30)15-17(13-7-5-6-8-14(13)25(3)19(15)28)26-9-11-27(12-10-26)20(29)16-18(22-2)24-32-23-16/h4-13H,3,14-17H2,1-2H3;4-11,16,27H,3,12-15H2,1-2H3;5-8H,4,9-12H2,1-3H3,(H,22,24). The summed E-state index contributed by atoms with van der Waals surface area (Å²) in [7, 11) is 6.66. The van der Waals surface area contributed by atoms with E-state index in [0.29, 0.717) is 118 Å². The number of H-pyrrole nitrogens is 1. The summed E-state index contributed by atoms with van der Waals surface area (Å²) in [5.41, 5.74) is 5.04. The SMILES string of the molecule is CCOC(=O)c1c(N2CCN(C(=O)c3cc4ccccc4[nH]3)CC2)c2ccccc2n(C)c1=O.CCOC(=O)c1c(N2CCN(C(=O)c3nccc4ccccc34)CC2)c2ccccc2n(C)c1=O.CCOC(=O)c1c(N2CCN(C(=O)c3nsnc3NC)CC2)c2ccccc2n(C)c1=O. The predicted octanol–water partition coefficient (Wildman–Crippen LogP) is 7.96. The minimum absolute atomic E-state index is 0.0222. The van der Waals surface area contributed by atoms with Crippen LogP contribution in [0, 0.1) is 0 Å². The molecule has 3 saturated heterocycles. The van der Waals surface area contributed by atoms with Crippen molar-refractivity contribution in [1.82, 2.24) is 47.1 Å². The Bertz CT molecular complexity index is 5170. The van der Waals surface area contributed by atoms with Gasteiger partial charge in [-0.1, -0.05) is 97.1 Å². The zero-order valence-electron chi connectivity index (χ0n) is 57.1. The molecule has 3 aliphatic rings. The Balaban J connectivity index is 0.000000143. The number of nitrogens with zero attached hydrogens (tertiary/aromatic N) is 12. The topological polar surface area (TPSA) is 282 Å². The highest BCUT2D eigenvalue weighted by Gasteiger charge is 2.35. The number of carbonyl (C=O) groups is 6. The van der Waals surface area contributed by atoms with E-state index >= 15 is 0 Å². The van der Waals surface area contributed by atoms with Gasteiger partial charge in [0.2, 0.25) is 0 Å². The van der Waals surface area contributed by atoms with Crippen molar-refractivity contribution in [3.8, 4) is 0 Å². The van der Waals surface area contributed by atoms with Crippen LogP contribution >= 0.6 is 11.7 Å². The first-order valence-corrected chi connectivity index (χ1v) is 34.1. The van der Waals surface area contributed by atoms with Crippen molar-refractivity contribution in [1.29, 1.82) is 0 Å². The molecular formula is C74H76N14O12S. The number of benzene rings is 5. The van der Waals surface area contributed by atoms with Gasteiger partial charge in [0.1, 0.15) is 28.1 Å². The molecule has 0 atom stereocenters. The first kappa shape index (κ1) is 69.2. The fourth-order valence-electron chi connectivity index (χ4n) is 13.4. The number of para-hydroxylation sites is 4. The van der Waals surface area contributed by atoms with E-state index in [4.69, 9.17) is 14.2 Å². The fourth-order valence-corrected chi connectivity index (χ4v) is 14.0. The molecule has 0 radical (unpaired) electrons. The summed E-state index contributed by atoms with van der Waals surface area (Å²) in [4.78, 5) is 136. The van der Waals surface area contributed by atoms with E-state index in [1.807, 2.05) is 148 Å². The molecule has 14 rings (SSSR count). The van der Waals surface area contributed by atoms with Crippen LogP contribution < -0.4 is 36.7 Å². The number of esters is 3. The molecule has 520 valence electrons. The molecule has 2 N–H and O–H groups in total. The molecular weight excluding hydrogens is 1310 g/mol. The van der Waals surface area contributed by atoms with E-state index in [0.717, 1.165) is 66.1 Å². The summed E-state index contributed by atoms with van der Waals surface area (Å²) < 4.78 is 28.4. The smallest absolute Gasteiger partial charge is 0.345 e. The Hall–Kier alpha value is -11.7. The average molecular weight is 1390 g/mol. The maximum atomic E-state index is 13.3. The van der Waals surface area contributed by atoms with Crippen LogP contribution in [0.2, 0.25) is 0 Å². The van der Waals surface area contributed by atoms with Crippen molar-refractivity contribution in [2.45, 2.75) is 20.8 Å². The van der Waals surface area contributed by atoms with Crippen LogP contribution in [0.1, 0.15) is 83.3 Å². The molecule has 0 bridgehead atoms. The Labute approximate surface area is 583 Å². The maximum absolute atomic E-state index is 13.3. The molecule has 101 heavy (non-hydrogen) atoms. The number of ether oxygens (including phenoxy) is 3. The lowest BCUT2D eigenvalue weighted by molar-refractivity contribution is 0.0514. The zero-order chi connectivity index (χ0) is 71.2. The zero-order valence-corrected chi connectivity index (χ0v) is 57.9. The van der Waals surface area contributed by atoms with E-state index in [9.17, 15) is 43.2 Å². The van der Waals surface area contributed by atoms with Gasteiger partial charge in [-0.25, -0.2) is 14.4 Å². The molecule has 0 spiro atoms. The Morgan fingerprint density at radius 2 is 0.812 bits per heavy atom. The van der Waals surface area contributed by atoms with Crippen LogP contribution in [0.15, 0.2) is 154 Å². The summed E-state index contributed by atoms with van der Waals surface area (Å²) >= 11 is 0.986. The second-order valence-corrected chi connectivity index (χ2v) is 24.7. The van der Waals surface area contributed by atoms with Crippen LogP contribution in [0.4, 0.5) is 22.9 Å². The lowest BCUT2D eigenvalue weighted by Crippen LogP contribution is -2.50. The van der Waals surface area contributed by atoms with E-state index in [2.05, 4.69) is 24.0 Å². The predicted molar refractivity (Wildman–Crippen MR) is 389 cm³/mol. The number of aromatic amines is 1. The van der Waals surface area contributed by atoms with Crippen LogP contribution in [0.5, 0.6) is 0 Å². The number of nitrogens with one attached hydrogen (secondary N) is 2. The van der Waals surface area contributed by atoms with Gasteiger partial charge in [0.25, 0.3) is 34.4 Å². The summed E-state index contributed by atoms with van der Waals surface area (Å²) in [5.74, 6) is -1.81. The van der Waals surface area contributed by atoms with Crippen molar-refractivity contribution >= 4 is 125 Å². The molecule has 3 aliphatic heterocycles. The number of hydrogen-bond donors (Lipinski definition) is 2. The highest BCUT2D eigenvalue weighted by atomic mass is 32.1. The summed E-state index contributed by atoms with van der Waals surface area (Å²) in [6.45, 7) is 11.2. The van der Waals surface area contributed by atoms with Crippen molar-refractivity contribution in [2.24, 2.45) is 21.1 Å². The number of amides is 3. The van der Waals surface area contributed by atoms with Gasteiger partial charge < -0.3 is 67.6 Å². The van der Waals surface area contributed by atoms with Crippen LogP contribution in [0.3, 0.4) is 0 Å². The Kier molecular flexibility index (Phi) is 20.7. The molecule has 11 aromatic rings. The van der Waals surface area contributed by atoms with Crippen LogP contribution in [0.25, 0.3) is 54.4 Å². The molecule has 9 heterocycles. The van der Waals surface area contributed by atoms with Crippen molar-refractivity contribution in [3.05, 3.63) is 204 Å². The summed E-state index contributed by atoms with van der Waals surface area (Å²) in [6.07, 6.45) is 1.66. The molecule has 0 aliphatic carbocycles. The average Bonchev–Trinajstić information content (AvgIpc) is 1.03. The monoisotopic (exact) mass is 1380 g/mol. The fraction of sp³-hybridized carbons (Fsp3) is 0.297. The van der Waals surface area contributed by atoms with Gasteiger partial charge in [-0.15, -0.1) is 0 Å². The molecule has 3 amide bonds. The molecule has 0 saturated carbocycles. The van der Waals surface area contributed by atoms with Gasteiger partial charge >= 0.3 is 17.9 Å². The summed E-state index contributed by atoms with van der Waals surface area (Å²) in [6, 6.07) is 41.8. The van der Waals surface area contributed by atoms with Crippen molar-refractivity contribution in [3.63, 3.8) is 0 Å². The number of anilines is 4.